The van der Waals surface area contributed by atoms with Gasteiger partial charge in [0.05, 0.1) is 26.4 Å². The molecule has 2 aromatic carbocycles. The van der Waals surface area contributed by atoms with E-state index in [1.165, 1.54) is 12.1 Å². The molecule has 8 heteroatoms. The molecule has 3 rings (SSSR count). The lowest BCUT2D eigenvalue weighted by Gasteiger charge is -2.32. The van der Waals surface area contributed by atoms with Crippen molar-refractivity contribution in [2.75, 3.05) is 16.8 Å². The van der Waals surface area contributed by atoms with E-state index in [0.717, 1.165) is 0 Å². The Morgan fingerprint density at radius 1 is 1.15 bits per heavy atom. The summed E-state index contributed by atoms with van der Waals surface area (Å²) in [7, 11) is 0. The summed E-state index contributed by atoms with van der Waals surface area (Å²) < 4.78 is 5.58. The summed E-state index contributed by atoms with van der Waals surface area (Å²) in [4.78, 5) is 26.3. The highest BCUT2D eigenvalue weighted by Crippen LogP contribution is 2.34. The summed E-state index contributed by atoms with van der Waals surface area (Å²) in [5, 5.41) is 3.57. The van der Waals surface area contributed by atoms with Crippen LogP contribution in [-0.4, -0.2) is 24.5 Å². The zero-order valence-electron chi connectivity index (χ0n) is 13.8. The van der Waals surface area contributed by atoms with E-state index in [1.54, 1.807) is 24.0 Å². The SMILES string of the molecule is CC1Oc2ccccc2N(CCC(=O)Nc2cc(Cl)c(Cl)cc2Cl)C1=O. The van der Waals surface area contributed by atoms with E-state index in [-0.39, 0.29) is 34.8 Å². The van der Waals surface area contributed by atoms with Crippen LogP contribution in [0.25, 0.3) is 0 Å². The molecule has 0 bridgehead atoms. The predicted molar refractivity (Wildman–Crippen MR) is 104 cm³/mol. The fraction of sp³-hybridized carbons (Fsp3) is 0.222. The molecule has 5 nitrogen and oxygen atoms in total. The van der Waals surface area contributed by atoms with Crippen molar-refractivity contribution in [2.45, 2.75) is 19.4 Å². The normalized spacial score (nSPS) is 16.1. The van der Waals surface area contributed by atoms with Gasteiger partial charge in [0, 0.05) is 13.0 Å². The number of ether oxygens (including phenoxy) is 1. The second-order valence-electron chi connectivity index (χ2n) is 5.76. The van der Waals surface area contributed by atoms with E-state index in [9.17, 15) is 9.59 Å². The number of hydrogen-bond donors (Lipinski definition) is 1. The fourth-order valence-electron chi connectivity index (χ4n) is 2.63. The Labute approximate surface area is 165 Å². The molecule has 1 unspecified atom stereocenters. The number of nitrogens with one attached hydrogen (secondary N) is 1. The van der Waals surface area contributed by atoms with Gasteiger partial charge >= 0.3 is 0 Å². The fourth-order valence-corrected chi connectivity index (χ4v) is 3.23. The van der Waals surface area contributed by atoms with Crippen LogP contribution < -0.4 is 15.0 Å². The Morgan fingerprint density at radius 2 is 1.85 bits per heavy atom. The second kappa shape index (κ2) is 7.74. The van der Waals surface area contributed by atoms with Crippen LogP contribution in [0.15, 0.2) is 36.4 Å². The number of para-hydroxylation sites is 2. The number of rotatable bonds is 4. The Morgan fingerprint density at radius 3 is 2.62 bits per heavy atom. The highest BCUT2D eigenvalue weighted by molar-refractivity contribution is 6.44. The monoisotopic (exact) mass is 412 g/mol. The van der Waals surface area contributed by atoms with Gasteiger partial charge in [0.25, 0.3) is 5.91 Å². The third-order valence-electron chi connectivity index (χ3n) is 3.92. The lowest BCUT2D eigenvalue weighted by molar-refractivity contribution is -0.125. The number of hydrogen-bond acceptors (Lipinski definition) is 3. The van der Waals surface area contributed by atoms with Gasteiger partial charge in [0.2, 0.25) is 5.91 Å². The number of amides is 2. The first-order valence-corrected chi connectivity index (χ1v) is 9.01. The minimum Gasteiger partial charge on any atom is -0.479 e. The molecule has 1 aliphatic heterocycles. The first kappa shape index (κ1) is 18.8. The lowest BCUT2D eigenvalue weighted by atomic mass is 10.1. The molecule has 0 fully saturated rings. The minimum atomic E-state index is -0.600. The van der Waals surface area contributed by atoms with Crippen molar-refractivity contribution in [1.29, 1.82) is 0 Å². The van der Waals surface area contributed by atoms with E-state index in [4.69, 9.17) is 39.5 Å². The molecule has 2 amide bonds. The Hall–Kier alpha value is -1.95. The molecule has 0 saturated carbocycles. The molecule has 26 heavy (non-hydrogen) atoms. The van der Waals surface area contributed by atoms with Gasteiger partial charge in [-0.15, -0.1) is 0 Å². The third kappa shape index (κ3) is 3.90. The van der Waals surface area contributed by atoms with Gasteiger partial charge in [-0.05, 0) is 31.2 Å². The molecule has 1 N–H and O–H groups in total. The quantitative estimate of drug-likeness (QED) is 0.733. The van der Waals surface area contributed by atoms with Gasteiger partial charge in [-0.25, -0.2) is 0 Å². The van der Waals surface area contributed by atoms with Crippen molar-refractivity contribution in [3.05, 3.63) is 51.5 Å². The smallest absolute Gasteiger partial charge is 0.267 e. The summed E-state index contributed by atoms with van der Waals surface area (Å²) in [5.74, 6) is 0.131. The standard InChI is InChI=1S/C18H15Cl3N2O3/c1-10-18(25)23(15-4-2-3-5-16(15)26-10)7-6-17(24)22-14-9-12(20)11(19)8-13(14)21/h2-5,8-10H,6-7H2,1H3,(H,22,24). The van der Waals surface area contributed by atoms with Gasteiger partial charge in [0.1, 0.15) is 5.75 Å². The number of carbonyl (C=O) groups is 2. The zero-order chi connectivity index (χ0) is 18.8. The van der Waals surface area contributed by atoms with E-state index in [0.29, 0.717) is 22.1 Å². The molecule has 0 aliphatic carbocycles. The van der Waals surface area contributed by atoms with E-state index in [1.807, 2.05) is 12.1 Å². The average molecular weight is 414 g/mol. The molecule has 2 aromatic rings. The summed E-state index contributed by atoms with van der Waals surface area (Å²) in [6.07, 6.45) is -0.513. The number of halogens is 3. The van der Waals surface area contributed by atoms with Crippen LogP contribution in [-0.2, 0) is 9.59 Å². The van der Waals surface area contributed by atoms with Crippen LogP contribution in [0.1, 0.15) is 13.3 Å². The van der Waals surface area contributed by atoms with Crippen molar-refractivity contribution < 1.29 is 14.3 Å². The van der Waals surface area contributed by atoms with E-state index >= 15 is 0 Å². The maximum Gasteiger partial charge on any atom is 0.267 e. The summed E-state index contributed by atoms with van der Waals surface area (Å²) in [6.45, 7) is 1.90. The molecule has 1 heterocycles. The maximum absolute atomic E-state index is 12.4. The molecule has 0 saturated heterocycles. The Kier molecular flexibility index (Phi) is 5.61. The lowest BCUT2D eigenvalue weighted by Crippen LogP contribution is -2.45. The third-order valence-corrected chi connectivity index (χ3v) is 4.95. The van der Waals surface area contributed by atoms with Crippen LogP contribution in [0.4, 0.5) is 11.4 Å². The molecule has 0 spiro atoms. The van der Waals surface area contributed by atoms with Crippen molar-refractivity contribution >= 4 is 58.0 Å². The molecule has 0 aromatic heterocycles. The largest absolute Gasteiger partial charge is 0.479 e. The van der Waals surface area contributed by atoms with E-state index in [2.05, 4.69) is 5.32 Å². The minimum absolute atomic E-state index is 0.0867. The average Bonchev–Trinajstić information content (AvgIpc) is 2.60. The molecule has 1 aliphatic rings. The zero-order valence-corrected chi connectivity index (χ0v) is 16.0. The van der Waals surface area contributed by atoms with Crippen molar-refractivity contribution in [1.82, 2.24) is 0 Å². The highest BCUT2D eigenvalue weighted by Gasteiger charge is 2.31. The van der Waals surface area contributed by atoms with E-state index < -0.39 is 6.10 Å². The first-order chi connectivity index (χ1) is 12.4. The second-order valence-corrected chi connectivity index (χ2v) is 6.98. The van der Waals surface area contributed by atoms with Crippen LogP contribution >= 0.6 is 34.8 Å². The predicted octanol–water partition coefficient (Wildman–Crippen LogP) is 4.79. The highest BCUT2D eigenvalue weighted by atomic mass is 35.5. The number of nitrogens with zero attached hydrogens (tertiary/aromatic N) is 1. The van der Waals surface area contributed by atoms with Crippen molar-refractivity contribution in [2.24, 2.45) is 0 Å². The first-order valence-electron chi connectivity index (χ1n) is 7.88. The number of benzene rings is 2. The molecule has 136 valence electrons. The summed E-state index contributed by atoms with van der Waals surface area (Å²) >= 11 is 17.9. The van der Waals surface area contributed by atoms with Gasteiger partial charge in [-0.2, -0.15) is 0 Å². The number of fused-ring (bicyclic) bond motifs is 1. The van der Waals surface area contributed by atoms with Crippen LogP contribution in [0.3, 0.4) is 0 Å². The van der Waals surface area contributed by atoms with Gasteiger partial charge < -0.3 is 15.0 Å². The Bertz CT molecular complexity index is 873. The van der Waals surface area contributed by atoms with Gasteiger partial charge in [-0.3, -0.25) is 9.59 Å². The topological polar surface area (TPSA) is 58.6 Å². The Balaban J connectivity index is 1.70. The number of anilines is 2. The summed E-state index contributed by atoms with van der Waals surface area (Å²) in [6, 6.07) is 10.2. The van der Waals surface area contributed by atoms with Crippen LogP contribution in [0.2, 0.25) is 15.1 Å². The van der Waals surface area contributed by atoms with Gasteiger partial charge in [0.15, 0.2) is 6.10 Å². The van der Waals surface area contributed by atoms with Crippen LogP contribution in [0, 0.1) is 0 Å². The molecule has 0 radical (unpaired) electrons. The van der Waals surface area contributed by atoms with Crippen molar-refractivity contribution in [3.8, 4) is 5.75 Å². The van der Waals surface area contributed by atoms with Crippen molar-refractivity contribution in [3.63, 3.8) is 0 Å². The number of carbonyl (C=O) groups excluding carboxylic acids is 2. The molecular formula is C18H15Cl3N2O3. The molecular weight excluding hydrogens is 399 g/mol. The maximum atomic E-state index is 12.4. The van der Waals surface area contributed by atoms with Gasteiger partial charge in [-0.1, -0.05) is 46.9 Å². The van der Waals surface area contributed by atoms with Crippen LogP contribution in [0.5, 0.6) is 5.75 Å². The molecule has 1 atom stereocenters. The summed E-state index contributed by atoms with van der Waals surface area (Å²) in [5.41, 5.74) is 1.02.